The maximum absolute atomic E-state index is 8.83. The molecule has 0 bridgehead atoms. The van der Waals surface area contributed by atoms with Crippen molar-refractivity contribution < 1.29 is 18.4 Å². The lowest BCUT2D eigenvalue weighted by Gasteiger charge is -2.14. The number of nitrogens with one attached hydrogen (secondary N) is 1. The molecule has 0 saturated carbocycles. The fourth-order valence-electron chi connectivity index (χ4n) is 2.44. The number of hydrogen-bond acceptors (Lipinski definition) is 7. The monoisotopic (exact) mass is 383 g/mol. The van der Waals surface area contributed by atoms with Crippen molar-refractivity contribution in [3.63, 3.8) is 0 Å². The van der Waals surface area contributed by atoms with Crippen LogP contribution >= 0.6 is 0 Å². The number of rotatable bonds is 3. The van der Waals surface area contributed by atoms with E-state index in [4.69, 9.17) is 30.9 Å². The lowest BCUT2D eigenvalue weighted by Crippen LogP contribution is -2.06. The van der Waals surface area contributed by atoms with Crippen molar-refractivity contribution in [2.45, 2.75) is 0 Å². The Kier molecular flexibility index (Phi) is 7.21. The minimum atomic E-state index is -2.88. The van der Waals surface area contributed by atoms with Gasteiger partial charge in [0.2, 0.25) is 0 Å². The van der Waals surface area contributed by atoms with Gasteiger partial charge in [-0.15, -0.1) is 0 Å². The minimum absolute atomic E-state index is 0.498. The third kappa shape index (κ3) is 6.01. The lowest BCUT2D eigenvalue weighted by molar-refractivity contribution is -0.635. The summed E-state index contributed by atoms with van der Waals surface area (Å²) in [5.74, 6) is 0. The van der Waals surface area contributed by atoms with Crippen LogP contribution in [0.2, 0.25) is 0 Å². The summed E-state index contributed by atoms with van der Waals surface area (Å²) in [7, 11) is 0. The molecule has 0 heterocycles. The van der Waals surface area contributed by atoms with Crippen molar-refractivity contribution in [2.75, 3.05) is 11.5 Å². The van der Waals surface area contributed by atoms with E-state index in [1.807, 2.05) is 60.7 Å². The molecule has 2 aromatic rings. The van der Waals surface area contributed by atoms with E-state index in [0.29, 0.717) is 5.71 Å². The highest BCUT2D eigenvalue weighted by Crippen LogP contribution is 2.30. The predicted octanol–water partition coefficient (Wildman–Crippen LogP) is 1.87. The number of allylic oxidation sites excluding steroid dienone is 5. The Morgan fingerprint density at radius 2 is 1.22 bits per heavy atom. The number of hydrogen-bond donors (Lipinski definition) is 3. The van der Waals surface area contributed by atoms with Gasteiger partial charge in [-0.05, 0) is 58.7 Å². The summed E-state index contributed by atoms with van der Waals surface area (Å²) < 4.78 is 20.1. The van der Waals surface area contributed by atoms with Gasteiger partial charge in [-0.3, -0.25) is 0 Å². The number of benzene rings is 2. The fourth-order valence-corrected chi connectivity index (χ4v) is 2.44. The van der Waals surface area contributed by atoms with Crippen molar-refractivity contribution in [3.8, 4) is 0 Å². The summed E-state index contributed by atoms with van der Waals surface area (Å²) in [6, 6.07) is 15.6. The molecule has 8 heteroatoms. The summed E-state index contributed by atoms with van der Waals surface area (Å²) in [6.45, 7) is 0. The van der Waals surface area contributed by atoms with E-state index >= 15 is 0 Å². The van der Waals surface area contributed by atoms with Crippen LogP contribution in [0.5, 0.6) is 0 Å². The van der Waals surface area contributed by atoms with Crippen LogP contribution in [0, 0.1) is 5.41 Å². The third-order valence-corrected chi connectivity index (χ3v) is 3.74. The summed E-state index contributed by atoms with van der Waals surface area (Å²) in [5, 5.41) is 16.2. The molecule has 5 N–H and O–H groups in total. The lowest BCUT2D eigenvalue weighted by atomic mass is 9.90. The van der Waals surface area contributed by atoms with Crippen LogP contribution in [0.1, 0.15) is 11.1 Å². The largest absolute Gasteiger partial charge is 0.750 e. The van der Waals surface area contributed by atoms with Crippen molar-refractivity contribution in [1.29, 1.82) is 5.41 Å². The number of nitrogens with two attached hydrogens (primary N) is 2. The quantitative estimate of drug-likeness (QED) is 0.319. The van der Waals surface area contributed by atoms with Crippen LogP contribution in [0.4, 0.5) is 11.4 Å². The molecule has 0 spiro atoms. The Balaban J connectivity index is 0.000000465. The molecule has 140 valence electrons. The van der Waals surface area contributed by atoms with Gasteiger partial charge in [0.25, 0.3) is 0 Å². The molecular weight excluding hydrogens is 366 g/mol. The van der Waals surface area contributed by atoms with Crippen molar-refractivity contribution >= 4 is 34.0 Å². The summed E-state index contributed by atoms with van der Waals surface area (Å²) in [4.78, 5) is 0. The van der Waals surface area contributed by atoms with Gasteiger partial charge in [0.05, 0.1) is 17.1 Å². The summed E-state index contributed by atoms with van der Waals surface area (Å²) in [5.41, 5.74) is 17.9. The molecule has 1 unspecified atom stereocenters. The number of anilines is 2. The van der Waals surface area contributed by atoms with Crippen molar-refractivity contribution in [2.24, 2.45) is 0 Å². The first kappa shape index (κ1) is 20.3. The first-order valence-corrected chi connectivity index (χ1v) is 8.71. The zero-order chi connectivity index (χ0) is 19.8. The van der Waals surface area contributed by atoms with Gasteiger partial charge in [-0.1, -0.05) is 36.4 Å². The molecule has 0 saturated heterocycles. The maximum Gasteiger partial charge on any atom is 0.0748 e. The topological polar surface area (TPSA) is 148 Å². The van der Waals surface area contributed by atoms with E-state index in [-0.39, 0.29) is 0 Å². The van der Waals surface area contributed by atoms with Crippen LogP contribution in [-0.2, 0) is 15.7 Å². The average molecular weight is 383 g/mol. The molecule has 0 aliphatic heterocycles. The molecular formula is C19H17N3O4S-2. The predicted molar refractivity (Wildman–Crippen MR) is 104 cm³/mol. The van der Waals surface area contributed by atoms with Crippen LogP contribution in [0.15, 0.2) is 78.4 Å². The molecule has 1 atom stereocenters. The molecule has 0 aromatic heterocycles. The van der Waals surface area contributed by atoms with E-state index in [9.17, 15) is 0 Å². The van der Waals surface area contributed by atoms with Crippen LogP contribution in [0.3, 0.4) is 0 Å². The van der Waals surface area contributed by atoms with Gasteiger partial charge in [0, 0.05) is 11.4 Å². The van der Waals surface area contributed by atoms with Gasteiger partial charge >= 0.3 is 0 Å². The zero-order valence-electron chi connectivity index (χ0n) is 14.1. The second kappa shape index (κ2) is 9.60. The second-order valence-corrected chi connectivity index (χ2v) is 6.01. The van der Waals surface area contributed by atoms with Crippen molar-refractivity contribution in [3.05, 3.63) is 89.5 Å². The molecule has 7 nitrogen and oxygen atoms in total. The van der Waals surface area contributed by atoms with E-state index in [1.165, 1.54) is 0 Å². The van der Waals surface area contributed by atoms with Gasteiger partial charge < -0.3 is 31.0 Å². The molecule has 1 aliphatic rings. The van der Waals surface area contributed by atoms with E-state index in [0.717, 1.165) is 33.6 Å². The van der Waals surface area contributed by atoms with Gasteiger partial charge in [0.15, 0.2) is 0 Å². The first-order valence-electron chi connectivity index (χ1n) is 7.71. The third-order valence-electron chi connectivity index (χ3n) is 3.63. The van der Waals surface area contributed by atoms with Crippen LogP contribution in [0.25, 0.3) is 5.57 Å². The molecule has 2 aromatic carbocycles. The minimum Gasteiger partial charge on any atom is -0.750 e. The van der Waals surface area contributed by atoms with Crippen molar-refractivity contribution in [1.82, 2.24) is 0 Å². The van der Waals surface area contributed by atoms with Gasteiger partial charge in [-0.25, -0.2) is 4.21 Å². The van der Waals surface area contributed by atoms with E-state index in [2.05, 4.69) is 4.33 Å². The van der Waals surface area contributed by atoms with Crippen LogP contribution < -0.4 is 16.7 Å². The Morgan fingerprint density at radius 1 is 0.852 bits per heavy atom. The molecule has 0 amide bonds. The highest BCUT2D eigenvalue weighted by molar-refractivity contribution is 7.73. The Morgan fingerprint density at radius 3 is 1.56 bits per heavy atom. The summed E-state index contributed by atoms with van der Waals surface area (Å²) >= 11 is -2.88. The molecule has 3 rings (SSSR count). The molecule has 0 fully saturated rings. The molecule has 0 radical (unpaired) electrons. The molecule has 27 heavy (non-hydrogen) atoms. The average Bonchev–Trinajstić information content (AvgIpc) is 2.67. The second-order valence-electron chi connectivity index (χ2n) is 5.47. The van der Waals surface area contributed by atoms with E-state index < -0.39 is 11.4 Å². The maximum atomic E-state index is 8.83. The highest BCUT2D eigenvalue weighted by Gasteiger charge is 2.10. The Hall–Kier alpha value is -3.04. The number of nitrogen functional groups attached to an aromatic ring is 2. The Labute approximate surface area is 159 Å². The first-order chi connectivity index (χ1) is 12.9. The molecule has 1 aliphatic carbocycles. The Bertz CT molecular complexity index is 851. The SMILES string of the molecule is N=C1C=CC(=C(c2ccc(N)cc2)c2ccc(N)cc2)C=C1.O=S([O-])O[O-]. The standard InChI is InChI=1S/C19H17N3.H2O4S/c20-16-7-1-13(2-8-16)19(14-3-9-17(21)10-4-14)15-5-11-18(22)12-6-15;1-4-5(2)3/h1-12,20H,21-22H2;1H,(H,2,3)/p-2. The van der Waals surface area contributed by atoms with Crippen LogP contribution in [-0.4, -0.2) is 14.5 Å². The van der Waals surface area contributed by atoms with Gasteiger partial charge in [-0.2, -0.15) is 0 Å². The van der Waals surface area contributed by atoms with E-state index in [1.54, 1.807) is 12.2 Å². The zero-order valence-corrected chi connectivity index (χ0v) is 14.9. The fraction of sp³-hybridized carbons (Fsp3) is 0. The normalized spacial score (nSPS) is 13.7. The summed E-state index contributed by atoms with van der Waals surface area (Å²) in [6.07, 6.45) is 7.52. The smallest absolute Gasteiger partial charge is 0.0748 e. The highest BCUT2D eigenvalue weighted by atomic mass is 32.2. The van der Waals surface area contributed by atoms with Gasteiger partial charge in [0.1, 0.15) is 0 Å².